The summed E-state index contributed by atoms with van der Waals surface area (Å²) in [5.74, 6) is 2.48. The van der Waals surface area contributed by atoms with Crippen LogP contribution in [0, 0.1) is 11.8 Å². The van der Waals surface area contributed by atoms with Gasteiger partial charge in [-0.05, 0) is 55.2 Å². The Balaban J connectivity index is 1.31. The molecule has 0 aliphatic heterocycles. The first kappa shape index (κ1) is 15.9. The molecule has 7 heteroatoms. The number of hydrogen-bond donors (Lipinski definition) is 2. The molecule has 2 saturated carbocycles. The second kappa shape index (κ2) is 6.74. The molecule has 132 valence electrons. The number of carbonyl (C=O) groups excluding carboxylic acids is 1. The number of rotatable bonds is 7. The summed E-state index contributed by atoms with van der Waals surface area (Å²) in [4.78, 5) is 16.4. The van der Waals surface area contributed by atoms with E-state index in [1.54, 1.807) is 18.1 Å². The number of aromatic nitrogens is 3. The number of hydrogen-bond acceptors (Lipinski definition) is 4. The first-order valence-corrected chi connectivity index (χ1v) is 8.81. The van der Waals surface area contributed by atoms with Crippen LogP contribution >= 0.6 is 0 Å². The van der Waals surface area contributed by atoms with Crippen LogP contribution in [-0.4, -0.2) is 33.9 Å². The molecule has 0 radical (unpaired) electrons. The van der Waals surface area contributed by atoms with Gasteiger partial charge in [0.25, 0.3) is 0 Å². The number of carbonyl (C=O) groups is 1. The molecule has 2 aromatic rings. The fourth-order valence-electron chi connectivity index (χ4n) is 3.17. The maximum absolute atomic E-state index is 12.2. The zero-order valence-electron chi connectivity index (χ0n) is 14.3. The van der Waals surface area contributed by atoms with Crippen molar-refractivity contribution in [3.63, 3.8) is 0 Å². The van der Waals surface area contributed by atoms with E-state index in [1.807, 2.05) is 24.3 Å². The van der Waals surface area contributed by atoms with Gasteiger partial charge in [-0.2, -0.15) is 0 Å². The smallest absolute Gasteiger partial charge is 0.321 e. The SMILES string of the molecule is COc1ccc(Cn2cnc(NC(=O)NC(C3CC3)C3CC3)n2)cc1. The van der Waals surface area contributed by atoms with Gasteiger partial charge in [0.05, 0.1) is 13.7 Å². The third kappa shape index (κ3) is 4.10. The number of nitrogens with zero attached hydrogens (tertiary/aromatic N) is 3. The fraction of sp³-hybridized carbons (Fsp3) is 0.500. The summed E-state index contributed by atoms with van der Waals surface area (Å²) in [7, 11) is 1.65. The lowest BCUT2D eigenvalue weighted by Crippen LogP contribution is -2.40. The van der Waals surface area contributed by atoms with Crippen molar-refractivity contribution in [1.29, 1.82) is 0 Å². The number of nitrogens with one attached hydrogen (secondary N) is 2. The largest absolute Gasteiger partial charge is 0.497 e. The molecule has 2 fully saturated rings. The molecule has 7 nitrogen and oxygen atoms in total. The second-order valence-corrected chi connectivity index (χ2v) is 6.91. The third-order valence-corrected chi connectivity index (χ3v) is 4.82. The van der Waals surface area contributed by atoms with Crippen LogP contribution in [-0.2, 0) is 6.54 Å². The van der Waals surface area contributed by atoms with Crippen molar-refractivity contribution in [2.24, 2.45) is 11.8 Å². The van der Waals surface area contributed by atoms with Crippen LogP contribution in [0.1, 0.15) is 31.2 Å². The topological polar surface area (TPSA) is 81.1 Å². The van der Waals surface area contributed by atoms with Gasteiger partial charge in [-0.3, -0.25) is 5.32 Å². The van der Waals surface area contributed by atoms with Crippen molar-refractivity contribution < 1.29 is 9.53 Å². The van der Waals surface area contributed by atoms with Crippen LogP contribution in [0.15, 0.2) is 30.6 Å². The Labute approximate surface area is 146 Å². The normalized spacial score (nSPS) is 16.7. The van der Waals surface area contributed by atoms with Crippen molar-refractivity contribution in [3.05, 3.63) is 36.2 Å². The Kier molecular flexibility index (Phi) is 4.29. The standard InChI is InChI=1S/C18H23N5O2/c1-25-15-8-2-12(3-9-15)10-23-11-19-17(22-23)21-18(24)20-16(13-4-5-13)14-6-7-14/h2-3,8-9,11,13-14,16H,4-7,10H2,1H3,(H2,20,21,22,24). The Morgan fingerprint density at radius 1 is 1.24 bits per heavy atom. The second-order valence-electron chi connectivity index (χ2n) is 6.91. The van der Waals surface area contributed by atoms with Gasteiger partial charge in [0, 0.05) is 6.04 Å². The van der Waals surface area contributed by atoms with E-state index < -0.39 is 0 Å². The Hall–Kier alpha value is -2.57. The molecule has 2 aliphatic carbocycles. The molecule has 2 aliphatic rings. The van der Waals surface area contributed by atoms with E-state index >= 15 is 0 Å². The zero-order chi connectivity index (χ0) is 17.2. The van der Waals surface area contributed by atoms with Crippen LogP contribution in [0.3, 0.4) is 0 Å². The van der Waals surface area contributed by atoms with Gasteiger partial charge >= 0.3 is 6.03 Å². The summed E-state index contributed by atoms with van der Waals surface area (Å²) < 4.78 is 6.86. The average molecular weight is 341 g/mol. The van der Waals surface area contributed by atoms with Gasteiger partial charge in [0.15, 0.2) is 0 Å². The van der Waals surface area contributed by atoms with Gasteiger partial charge in [-0.25, -0.2) is 14.5 Å². The number of amides is 2. The maximum atomic E-state index is 12.2. The highest BCUT2D eigenvalue weighted by molar-refractivity contribution is 5.87. The fourth-order valence-corrected chi connectivity index (χ4v) is 3.17. The lowest BCUT2D eigenvalue weighted by molar-refractivity contribution is 0.244. The third-order valence-electron chi connectivity index (χ3n) is 4.82. The Bertz CT molecular complexity index is 722. The monoisotopic (exact) mass is 341 g/mol. The lowest BCUT2D eigenvalue weighted by Gasteiger charge is -2.17. The molecule has 4 rings (SSSR count). The van der Waals surface area contributed by atoms with Crippen LogP contribution < -0.4 is 15.4 Å². The summed E-state index contributed by atoms with van der Waals surface area (Å²) in [6, 6.07) is 7.91. The minimum atomic E-state index is -0.203. The lowest BCUT2D eigenvalue weighted by atomic mass is 10.1. The summed E-state index contributed by atoms with van der Waals surface area (Å²) in [5.41, 5.74) is 1.09. The van der Waals surface area contributed by atoms with E-state index in [2.05, 4.69) is 20.7 Å². The van der Waals surface area contributed by atoms with E-state index in [1.165, 1.54) is 25.7 Å². The molecule has 1 heterocycles. The predicted octanol–water partition coefficient (Wildman–Crippen LogP) is 2.65. The van der Waals surface area contributed by atoms with Crippen molar-refractivity contribution in [2.45, 2.75) is 38.3 Å². The molecule has 0 spiro atoms. The Morgan fingerprint density at radius 2 is 1.92 bits per heavy atom. The van der Waals surface area contributed by atoms with Crippen LogP contribution in [0.25, 0.3) is 0 Å². The van der Waals surface area contributed by atoms with E-state index in [-0.39, 0.29) is 6.03 Å². The molecule has 25 heavy (non-hydrogen) atoms. The van der Waals surface area contributed by atoms with Crippen LogP contribution in [0.5, 0.6) is 5.75 Å². The average Bonchev–Trinajstić information content (AvgIpc) is 3.53. The van der Waals surface area contributed by atoms with Gasteiger partial charge in [-0.15, -0.1) is 5.10 Å². The van der Waals surface area contributed by atoms with E-state index in [0.717, 1.165) is 11.3 Å². The number of methoxy groups -OCH3 is 1. The minimum absolute atomic E-state index is 0.203. The number of ether oxygens (including phenoxy) is 1. The molecule has 0 bridgehead atoms. The predicted molar refractivity (Wildman–Crippen MR) is 93.5 cm³/mol. The minimum Gasteiger partial charge on any atom is -0.497 e. The number of benzene rings is 1. The molecule has 0 unspecified atom stereocenters. The van der Waals surface area contributed by atoms with Crippen molar-refractivity contribution in [1.82, 2.24) is 20.1 Å². The quantitative estimate of drug-likeness (QED) is 0.811. The number of anilines is 1. The van der Waals surface area contributed by atoms with E-state index in [9.17, 15) is 4.79 Å². The summed E-state index contributed by atoms with van der Waals surface area (Å²) in [6.07, 6.45) is 6.55. The highest BCUT2D eigenvalue weighted by atomic mass is 16.5. The molecule has 1 aromatic heterocycles. The molecule has 1 aromatic carbocycles. The van der Waals surface area contributed by atoms with Crippen LogP contribution in [0.4, 0.5) is 10.7 Å². The van der Waals surface area contributed by atoms with E-state index in [4.69, 9.17) is 4.74 Å². The van der Waals surface area contributed by atoms with Crippen molar-refractivity contribution in [2.75, 3.05) is 12.4 Å². The molecular weight excluding hydrogens is 318 g/mol. The highest BCUT2D eigenvalue weighted by Gasteiger charge is 2.42. The van der Waals surface area contributed by atoms with Crippen molar-refractivity contribution in [3.8, 4) is 5.75 Å². The van der Waals surface area contributed by atoms with Gasteiger partial charge in [0.2, 0.25) is 5.95 Å². The summed E-state index contributed by atoms with van der Waals surface area (Å²) in [6.45, 7) is 0.590. The first-order valence-electron chi connectivity index (χ1n) is 8.81. The molecule has 2 N–H and O–H groups in total. The highest BCUT2D eigenvalue weighted by Crippen LogP contribution is 2.44. The maximum Gasteiger partial charge on any atom is 0.321 e. The molecule has 0 atom stereocenters. The van der Waals surface area contributed by atoms with Gasteiger partial charge in [0.1, 0.15) is 12.1 Å². The molecule has 2 amide bonds. The van der Waals surface area contributed by atoms with Gasteiger partial charge < -0.3 is 10.1 Å². The number of urea groups is 1. The first-order chi connectivity index (χ1) is 12.2. The van der Waals surface area contributed by atoms with Crippen LogP contribution in [0.2, 0.25) is 0 Å². The van der Waals surface area contributed by atoms with E-state index in [0.29, 0.717) is 30.4 Å². The summed E-state index contributed by atoms with van der Waals surface area (Å²) >= 11 is 0. The zero-order valence-corrected chi connectivity index (χ0v) is 14.3. The summed E-state index contributed by atoms with van der Waals surface area (Å²) in [5, 5.41) is 10.2. The Morgan fingerprint density at radius 3 is 2.52 bits per heavy atom. The molecular formula is C18H23N5O2. The van der Waals surface area contributed by atoms with Gasteiger partial charge in [-0.1, -0.05) is 12.1 Å². The molecule has 0 saturated heterocycles. The van der Waals surface area contributed by atoms with Crippen molar-refractivity contribution >= 4 is 12.0 Å².